The zero-order valence-electron chi connectivity index (χ0n) is 20.5. The van der Waals surface area contributed by atoms with E-state index in [9.17, 15) is 9.59 Å². The van der Waals surface area contributed by atoms with Crippen LogP contribution in [0, 0.1) is 0 Å². The average molecular weight is 522 g/mol. The van der Waals surface area contributed by atoms with Crippen LogP contribution in [0.15, 0.2) is 77.7 Å². The van der Waals surface area contributed by atoms with Crippen LogP contribution in [0.1, 0.15) is 37.5 Å². The van der Waals surface area contributed by atoms with Crippen LogP contribution in [-0.4, -0.2) is 29.3 Å². The van der Waals surface area contributed by atoms with Gasteiger partial charge in [0.25, 0.3) is 11.1 Å². The maximum absolute atomic E-state index is 12.8. The van der Waals surface area contributed by atoms with Crippen LogP contribution in [0.2, 0.25) is 5.02 Å². The van der Waals surface area contributed by atoms with Gasteiger partial charge in [-0.15, -0.1) is 0 Å². The van der Waals surface area contributed by atoms with E-state index in [1.54, 1.807) is 24.3 Å². The molecule has 3 aromatic carbocycles. The Bertz CT molecular complexity index is 1260. The molecule has 1 saturated heterocycles. The highest BCUT2D eigenvalue weighted by molar-refractivity contribution is 8.18. The molecule has 0 aliphatic carbocycles. The number of imide groups is 1. The molecule has 1 aliphatic heterocycles. The van der Waals surface area contributed by atoms with E-state index in [4.69, 9.17) is 21.1 Å². The lowest BCUT2D eigenvalue weighted by molar-refractivity contribution is -0.123. The van der Waals surface area contributed by atoms with Gasteiger partial charge in [-0.3, -0.25) is 14.5 Å². The predicted octanol–water partition coefficient (Wildman–Crippen LogP) is 7.33. The second-order valence-corrected chi connectivity index (χ2v) is 10.9. The fraction of sp³-hybridized carbons (Fsp3) is 0.241. The second kappa shape index (κ2) is 11.2. The SMILES string of the molecule is CC(C)(C)c1ccc(OCCOc2ccc(/C=C3\SC(=O)N(Cc4cccc(Cl)c4)C3=O)cc2)cc1. The number of nitrogens with zero attached hydrogens (tertiary/aromatic N) is 1. The van der Waals surface area contributed by atoms with Crippen LogP contribution in [0.3, 0.4) is 0 Å². The lowest BCUT2D eigenvalue weighted by atomic mass is 9.87. The Kier molecular flexibility index (Phi) is 8.07. The molecule has 1 heterocycles. The minimum atomic E-state index is -0.307. The Morgan fingerprint density at radius 1 is 0.889 bits per heavy atom. The minimum absolute atomic E-state index is 0.110. The monoisotopic (exact) mass is 521 g/mol. The van der Waals surface area contributed by atoms with Gasteiger partial charge in [-0.2, -0.15) is 0 Å². The molecule has 4 rings (SSSR count). The lowest BCUT2D eigenvalue weighted by Gasteiger charge is -2.19. The Morgan fingerprint density at radius 3 is 2.08 bits per heavy atom. The number of amides is 2. The topological polar surface area (TPSA) is 55.8 Å². The Balaban J connectivity index is 1.28. The molecule has 36 heavy (non-hydrogen) atoms. The number of thioether (sulfide) groups is 1. The van der Waals surface area contributed by atoms with Gasteiger partial charge in [0.15, 0.2) is 0 Å². The number of carbonyl (C=O) groups is 2. The third-order valence-corrected chi connectivity index (χ3v) is 6.76. The van der Waals surface area contributed by atoms with Gasteiger partial charge in [0.05, 0.1) is 11.4 Å². The van der Waals surface area contributed by atoms with Crippen molar-refractivity contribution in [2.24, 2.45) is 0 Å². The zero-order chi connectivity index (χ0) is 25.7. The van der Waals surface area contributed by atoms with Crippen molar-refractivity contribution in [2.45, 2.75) is 32.7 Å². The molecule has 5 nitrogen and oxygen atoms in total. The maximum atomic E-state index is 12.8. The Hall–Kier alpha value is -3.22. The van der Waals surface area contributed by atoms with Crippen molar-refractivity contribution in [1.29, 1.82) is 0 Å². The highest BCUT2D eigenvalue weighted by atomic mass is 35.5. The summed E-state index contributed by atoms with van der Waals surface area (Å²) in [6.45, 7) is 7.57. The molecule has 1 fully saturated rings. The van der Waals surface area contributed by atoms with Gasteiger partial charge < -0.3 is 9.47 Å². The first-order chi connectivity index (χ1) is 17.2. The third kappa shape index (κ3) is 6.71. The highest BCUT2D eigenvalue weighted by Crippen LogP contribution is 2.33. The van der Waals surface area contributed by atoms with Crippen LogP contribution >= 0.6 is 23.4 Å². The van der Waals surface area contributed by atoms with Gasteiger partial charge in [-0.25, -0.2) is 0 Å². The molecule has 0 unspecified atom stereocenters. The van der Waals surface area contributed by atoms with E-state index in [0.29, 0.717) is 28.9 Å². The molecule has 186 valence electrons. The molecule has 0 radical (unpaired) electrons. The number of ether oxygens (including phenoxy) is 2. The van der Waals surface area contributed by atoms with Crippen LogP contribution in [0.5, 0.6) is 11.5 Å². The summed E-state index contributed by atoms with van der Waals surface area (Å²) in [5, 5.41) is 0.276. The lowest BCUT2D eigenvalue weighted by Crippen LogP contribution is -2.27. The van der Waals surface area contributed by atoms with E-state index in [-0.39, 0.29) is 23.1 Å². The van der Waals surface area contributed by atoms with Crippen molar-refractivity contribution in [2.75, 3.05) is 13.2 Å². The average Bonchev–Trinajstić information content (AvgIpc) is 3.10. The number of benzene rings is 3. The Labute approximate surface area is 221 Å². The molecular weight excluding hydrogens is 494 g/mol. The normalized spacial score (nSPS) is 15.0. The van der Waals surface area contributed by atoms with E-state index >= 15 is 0 Å². The molecule has 0 N–H and O–H groups in total. The summed E-state index contributed by atoms with van der Waals surface area (Å²) in [5.41, 5.74) is 2.99. The number of hydrogen-bond acceptors (Lipinski definition) is 5. The quantitative estimate of drug-likeness (QED) is 0.229. The first-order valence-corrected chi connectivity index (χ1v) is 12.8. The van der Waals surface area contributed by atoms with Crippen molar-refractivity contribution in [3.63, 3.8) is 0 Å². The van der Waals surface area contributed by atoms with Gasteiger partial charge in [0, 0.05) is 5.02 Å². The maximum Gasteiger partial charge on any atom is 0.293 e. The standard InChI is InChI=1S/C29H28ClNO4S/c1-29(2,3)22-9-13-25(14-10-22)35-16-15-34-24-11-7-20(8-12-24)18-26-27(32)31(28(33)36-26)19-21-5-4-6-23(30)17-21/h4-14,17-18H,15-16,19H2,1-3H3/b26-18-. The molecule has 0 saturated carbocycles. The minimum Gasteiger partial charge on any atom is -0.490 e. The van der Waals surface area contributed by atoms with Crippen molar-refractivity contribution in [3.05, 3.63) is 99.4 Å². The number of halogens is 1. The fourth-order valence-corrected chi connectivity index (χ4v) is 4.69. The Morgan fingerprint density at radius 2 is 1.50 bits per heavy atom. The molecule has 0 bridgehead atoms. The van der Waals surface area contributed by atoms with Gasteiger partial charge in [-0.1, -0.05) is 68.8 Å². The van der Waals surface area contributed by atoms with E-state index in [1.807, 2.05) is 42.5 Å². The first kappa shape index (κ1) is 25.9. The molecule has 7 heteroatoms. The number of rotatable bonds is 8. The van der Waals surface area contributed by atoms with Crippen LogP contribution in [0.25, 0.3) is 6.08 Å². The van der Waals surface area contributed by atoms with Crippen molar-refractivity contribution >= 4 is 40.6 Å². The molecule has 3 aromatic rings. The molecule has 1 aliphatic rings. The van der Waals surface area contributed by atoms with Crippen LogP contribution in [0.4, 0.5) is 4.79 Å². The summed E-state index contributed by atoms with van der Waals surface area (Å²) in [6, 6.07) is 22.6. The van der Waals surface area contributed by atoms with Crippen molar-refractivity contribution < 1.29 is 19.1 Å². The van der Waals surface area contributed by atoms with E-state index in [1.165, 1.54) is 10.5 Å². The van der Waals surface area contributed by atoms with Gasteiger partial charge in [0.2, 0.25) is 0 Å². The third-order valence-electron chi connectivity index (χ3n) is 5.62. The van der Waals surface area contributed by atoms with Crippen molar-refractivity contribution in [1.82, 2.24) is 4.90 Å². The summed E-state index contributed by atoms with van der Waals surface area (Å²) in [5.74, 6) is 1.21. The van der Waals surface area contributed by atoms with E-state index in [2.05, 4.69) is 32.9 Å². The van der Waals surface area contributed by atoms with Gasteiger partial charge in [0.1, 0.15) is 24.7 Å². The first-order valence-electron chi connectivity index (χ1n) is 11.6. The largest absolute Gasteiger partial charge is 0.490 e. The van der Waals surface area contributed by atoms with Crippen LogP contribution < -0.4 is 9.47 Å². The summed E-state index contributed by atoms with van der Waals surface area (Å²) in [6.07, 6.45) is 1.72. The van der Waals surface area contributed by atoms with Crippen LogP contribution in [-0.2, 0) is 16.8 Å². The number of hydrogen-bond donors (Lipinski definition) is 0. The van der Waals surface area contributed by atoms with Gasteiger partial charge >= 0.3 is 0 Å². The van der Waals surface area contributed by atoms with Crippen molar-refractivity contribution in [3.8, 4) is 11.5 Å². The molecule has 2 amide bonds. The fourth-order valence-electron chi connectivity index (χ4n) is 3.64. The van der Waals surface area contributed by atoms with E-state index < -0.39 is 0 Å². The highest BCUT2D eigenvalue weighted by Gasteiger charge is 2.35. The van der Waals surface area contributed by atoms with E-state index in [0.717, 1.165) is 28.6 Å². The molecule has 0 aromatic heterocycles. The zero-order valence-corrected chi connectivity index (χ0v) is 22.1. The summed E-state index contributed by atoms with van der Waals surface area (Å²) in [7, 11) is 0. The summed E-state index contributed by atoms with van der Waals surface area (Å²) < 4.78 is 11.5. The predicted molar refractivity (Wildman–Crippen MR) is 146 cm³/mol. The summed E-state index contributed by atoms with van der Waals surface area (Å²) >= 11 is 6.96. The number of carbonyl (C=O) groups excluding carboxylic acids is 2. The van der Waals surface area contributed by atoms with Gasteiger partial charge in [-0.05, 0) is 76.3 Å². The summed E-state index contributed by atoms with van der Waals surface area (Å²) in [4.78, 5) is 26.8. The smallest absolute Gasteiger partial charge is 0.293 e. The molecular formula is C29H28ClNO4S. The second-order valence-electron chi connectivity index (χ2n) is 9.44. The molecule has 0 spiro atoms. The molecule has 0 atom stereocenters.